The first-order valence-electron chi connectivity index (χ1n) is 6.27. The summed E-state index contributed by atoms with van der Waals surface area (Å²) in [6.07, 6.45) is 5.55. The molecule has 3 nitrogen and oxygen atoms in total. The molecule has 0 aromatic rings. The van der Waals surface area contributed by atoms with E-state index in [2.05, 4.69) is 19.2 Å². The molecule has 1 rings (SSSR count). The van der Waals surface area contributed by atoms with Crippen LogP contribution in [-0.2, 0) is 9.47 Å². The van der Waals surface area contributed by atoms with E-state index in [4.69, 9.17) is 9.47 Å². The average molecular weight is 215 g/mol. The van der Waals surface area contributed by atoms with E-state index >= 15 is 0 Å². The zero-order chi connectivity index (χ0) is 10.9. The van der Waals surface area contributed by atoms with Crippen molar-refractivity contribution in [3.05, 3.63) is 0 Å². The monoisotopic (exact) mass is 215 g/mol. The molecule has 1 heterocycles. The van der Waals surface area contributed by atoms with Crippen molar-refractivity contribution in [2.45, 2.75) is 51.7 Å². The zero-order valence-electron chi connectivity index (χ0n) is 10.1. The van der Waals surface area contributed by atoms with Gasteiger partial charge in [0.2, 0.25) is 0 Å². The highest BCUT2D eigenvalue weighted by atomic mass is 16.5. The average Bonchev–Trinajstić information content (AvgIpc) is 2.71. The van der Waals surface area contributed by atoms with Crippen molar-refractivity contribution in [2.24, 2.45) is 0 Å². The van der Waals surface area contributed by atoms with Gasteiger partial charge < -0.3 is 14.8 Å². The quantitative estimate of drug-likeness (QED) is 0.628. The molecule has 1 aliphatic heterocycles. The summed E-state index contributed by atoms with van der Waals surface area (Å²) in [5.41, 5.74) is 0. The Bertz CT molecular complexity index is 147. The van der Waals surface area contributed by atoms with Gasteiger partial charge in [-0.2, -0.15) is 0 Å². The normalized spacial score (nSPS) is 23.2. The fourth-order valence-electron chi connectivity index (χ4n) is 1.74. The third-order valence-electron chi connectivity index (χ3n) is 2.73. The first-order valence-corrected chi connectivity index (χ1v) is 6.27. The smallest absolute Gasteiger partial charge is 0.0700 e. The Morgan fingerprint density at radius 3 is 3.07 bits per heavy atom. The van der Waals surface area contributed by atoms with E-state index in [-0.39, 0.29) is 0 Å². The molecule has 0 saturated carbocycles. The fourth-order valence-corrected chi connectivity index (χ4v) is 1.74. The minimum absolute atomic E-state index is 0.318. The second kappa shape index (κ2) is 8.08. The van der Waals surface area contributed by atoms with Crippen molar-refractivity contribution in [3.63, 3.8) is 0 Å². The number of hydrogen-bond donors (Lipinski definition) is 1. The second-order valence-electron chi connectivity index (χ2n) is 4.33. The van der Waals surface area contributed by atoms with E-state index in [1.165, 1.54) is 19.3 Å². The van der Waals surface area contributed by atoms with Crippen molar-refractivity contribution in [2.75, 3.05) is 26.3 Å². The highest BCUT2D eigenvalue weighted by Gasteiger charge is 2.14. The maximum absolute atomic E-state index is 5.64. The van der Waals surface area contributed by atoms with Gasteiger partial charge in [0.05, 0.1) is 12.2 Å². The summed E-state index contributed by atoms with van der Waals surface area (Å²) in [6, 6.07) is 0. The molecule has 1 fully saturated rings. The third kappa shape index (κ3) is 6.13. The van der Waals surface area contributed by atoms with Gasteiger partial charge in [0.15, 0.2) is 0 Å². The van der Waals surface area contributed by atoms with E-state index in [0.29, 0.717) is 12.2 Å². The molecule has 2 unspecified atom stereocenters. The van der Waals surface area contributed by atoms with Gasteiger partial charge in [0.1, 0.15) is 0 Å². The molecule has 0 amide bonds. The summed E-state index contributed by atoms with van der Waals surface area (Å²) in [6.45, 7) is 8.04. The minimum Gasteiger partial charge on any atom is -0.377 e. The van der Waals surface area contributed by atoms with Crippen LogP contribution in [0, 0.1) is 0 Å². The standard InChI is InChI=1S/C12H25NO2/c1-3-4-7-14-11(2)9-13-10-12-6-5-8-15-12/h11-13H,3-10H2,1-2H3. The summed E-state index contributed by atoms with van der Waals surface area (Å²) in [5, 5.41) is 3.40. The van der Waals surface area contributed by atoms with Crippen LogP contribution in [0.5, 0.6) is 0 Å². The van der Waals surface area contributed by atoms with Crippen molar-refractivity contribution >= 4 is 0 Å². The highest BCUT2D eigenvalue weighted by Crippen LogP contribution is 2.10. The largest absolute Gasteiger partial charge is 0.377 e. The van der Waals surface area contributed by atoms with Crippen molar-refractivity contribution in [1.29, 1.82) is 0 Å². The topological polar surface area (TPSA) is 30.5 Å². The van der Waals surface area contributed by atoms with Gasteiger partial charge in [-0.05, 0) is 26.2 Å². The van der Waals surface area contributed by atoms with Crippen LogP contribution in [0.3, 0.4) is 0 Å². The van der Waals surface area contributed by atoms with Crippen LogP contribution in [0.25, 0.3) is 0 Å². The van der Waals surface area contributed by atoms with Gasteiger partial charge in [0, 0.05) is 26.3 Å². The lowest BCUT2D eigenvalue weighted by molar-refractivity contribution is 0.0582. The number of ether oxygens (including phenoxy) is 2. The molecule has 0 aromatic heterocycles. The van der Waals surface area contributed by atoms with Crippen molar-refractivity contribution < 1.29 is 9.47 Å². The van der Waals surface area contributed by atoms with Crippen LogP contribution in [0.15, 0.2) is 0 Å². The molecule has 0 aliphatic carbocycles. The molecule has 3 heteroatoms. The molecule has 1 N–H and O–H groups in total. The third-order valence-corrected chi connectivity index (χ3v) is 2.73. The molecular weight excluding hydrogens is 190 g/mol. The highest BCUT2D eigenvalue weighted by molar-refractivity contribution is 4.68. The van der Waals surface area contributed by atoms with Gasteiger partial charge >= 0.3 is 0 Å². The van der Waals surface area contributed by atoms with E-state index in [1.54, 1.807) is 0 Å². The molecule has 0 bridgehead atoms. The number of nitrogens with one attached hydrogen (secondary N) is 1. The maximum Gasteiger partial charge on any atom is 0.0700 e. The van der Waals surface area contributed by atoms with Crippen LogP contribution in [0.1, 0.15) is 39.5 Å². The Morgan fingerprint density at radius 1 is 1.53 bits per heavy atom. The Kier molecular flexibility index (Phi) is 6.98. The molecular formula is C12H25NO2. The summed E-state index contributed by atoms with van der Waals surface area (Å²) >= 11 is 0. The Morgan fingerprint density at radius 2 is 2.40 bits per heavy atom. The van der Waals surface area contributed by atoms with Gasteiger partial charge in [-0.3, -0.25) is 0 Å². The van der Waals surface area contributed by atoms with Crippen molar-refractivity contribution in [1.82, 2.24) is 5.32 Å². The van der Waals surface area contributed by atoms with Crippen LogP contribution in [0.2, 0.25) is 0 Å². The lowest BCUT2D eigenvalue weighted by atomic mass is 10.2. The van der Waals surface area contributed by atoms with E-state index in [0.717, 1.165) is 32.7 Å². The van der Waals surface area contributed by atoms with Crippen LogP contribution >= 0.6 is 0 Å². The number of hydrogen-bond acceptors (Lipinski definition) is 3. The summed E-state index contributed by atoms with van der Waals surface area (Å²) < 4.78 is 11.2. The van der Waals surface area contributed by atoms with Crippen LogP contribution < -0.4 is 5.32 Å². The van der Waals surface area contributed by atoms with Gasteiger partial charge in [-0.25, -0.2) is 0 Å². The SMILES string of the molecule is CCCCOC(C)CNCC1CCCO1. The molecule has 90 valence electrons. The van der Waals surface area contributed by atoms with Crippen LogP contribution in [0.4, 0.5) is 0 Å². The van der Waals surface area contributed by atoms with E-state index in [9.17, 15) is 0 Å². The molecule has 0 radical (unpaired) electrons. The van der Waals surface area contributed by atoms with Gasteiger partial charge in [-0.15, -0.1) is 0 Å². The summed E-state index contributed by atoms with van der Waals surface area (Å²) in [4.78, 5) is 0. The van der Waals surface area contributed by atoms with Crippen molar-refractivity contribution in [3.8, 4) is 0 Å². The predicted octanol–water partition coefficient (Wildman–Crippen LogP) is 1.96. The summed E-state index contributed by atoms with van der Waals surface area (Å²) in [5.74, 6) is 0. The lowest BCUT2D eigenvalue weighted by Crippen LogP contribution is -2.33. The first-order chi connectivity index (χ1) is 7.33. The zero-order valence-corrected chi connectivity index (χ0v) is 10.1. The molecule has 0 spiro atoms. The molecule has 0 aromatic carbocycles. The number of unbranched alkanes of at least 4 members (excludes halogenated alkanes) is 1. The summed E-state index contributed by atoms with van der Waals surface area (Å²) in [7, 11) is 0. The first kappa shape index (κ1) is 12.9. The second-order valence-corrected chi connectivity index (χ2v) is 4.33. The fraction of sp³-hybridized carbons (Fsp3) is 1.00. The predicted molar refractivity (Wildman–Crippen MR) is 62.2 cm³/mol. The Hall–Kier alpha value is -0.120. The van der Waals surface area contributed by atoms with Gasteiger partial charge in [0.25, 0.3) is 0 Å². The van der Waals surface area contributed by atoms with E-state index < -0.39 is 0 Å². The Balaban J connectivity index is 1.89. The molecule has 15 heavy (non-hydrogen) atoms. The molecule has 2 atom stereocenters. The van der Waals surface area contributed by atoms with E-state index in [1.807, 2.05) is 0 Å². The maximum atomic E-state index is 5.64. The number of rotatable bonds is 8. The lowest BCUT2D eigenvalue weighted by Gasteiger charge is -2.15. The van der Waals surface area contributed by atoms with Crippen LogP contribution in [-0.4, -0.2) is 38.5 Å². The molecule has 1 aliphatic rings. The molecule has 1 saturated heterocycles. The Labute approximate surface area is 93.5 Å². The minimum atomic E-state index is 0.318. The van der Waals surface area contributed by atoms with Gasteiger partial charge in [-0.1, -0.05) is 13.3 Å².